The highest BCUT2D eigenvalue weighted by atomic mass is 32.2. The number of aryl methyl sites for hydroxylation is 1. The predicted octanol–water partition coefficient (Wildman–Crippen LogP) is 3.21. The van der Waals surface area contributed by atoms with Crippen LogP contribution in [0.4, 0.5) is 0 Å². The molecular formula is C14H18O3S. The maximum Gasteiger partial charge on any atom is 0.322 e. The van der Waals surface area contributed by atoms with E-state index < -0.39 is 4.75 Å². The molecule has 0 aliphatic carbocycles. The van der Waals surface area contributed by atoms with E-state index in [0.717, 1.165) is 17.3 Å². The standard InChI is InChI=1S/C14H18O3S/c1-5-17-13(16)14(3,4)18-12(15)11-8-6-10(2)7-9-11/h6-9H,5H2,1-4H3. The molecule has 1 rings (SSSR count). The first-order chi connectivity index (χ1) is 8.36. The van der Waals surface area contributed by atoms with E-state index in [1.54, 1.807) is 32.9 Å². The molecule has 0 aliphatic heterocycles. The molecule has 1 aromatic rings. The molecule has 0 atom stereocenters. The van der Waals surface area contributed by atoms with E-state index in [2.05, 4.69) is 0 Å². The summed E-state index contributed by atoms with van der Waals surface area (Å²) in [5, 5.41) is -0.118. The SMILES string of the molecule is CCOC(=O)C(C)(C)SC(=O)c1ccc(C)cc1. The number of hydrogen-bond donors (Lipinski definition) is 0. The van der Waals surface area contributed by atoms with Crippen molar-refractivity contribution in [1.82, 2.24) is 0 Å². The second-order valence-electron chi connectivity index (χ2n) is 4.49. The molecule has 0 saturated carbocycles. The van der Waals surface area contributed by atoms with Crippen molar-refractivity contribution >= 4 is 22.8 Å². The van der Waals surface area contributed by atoms with Crippen LogP contribution in [-0.4, -0.2) is 22.4 Å². The maximum atomic E-state index is 12.0. The summed E-state index contributed by atoms with van der Waals surface area (Å²) in [7, 11) is 0. The molecule has 0 saturated heterocycles. The quantitative estimate of drug-likeness (QED) is 0.785. The van der Waals surface area contributed by atoms with Crippen molar-refractivity contribution in [2.45, 2.75) is 32.4 Å². The molecule has 0 aliphatic rings. The van der Waals surface area contributed by atoms with Crippen molar-refractivity contribution < 1.29 is 14.3 Å². The van der Waals surface area contributed by atoms with Crippen molar-refractivity contribution in [1.29, 1.82) is 0 Å². The molecule has 98 valence electrons. The summed E-state index contributed by atoms with van der Waals surface area (Å²) in [5.74, 6) is -0.365. The number of thioether (sulfide) groups is 1. The molecule has 0 amide bonds. The molecule has 1 aromatic carbocycles. The molecule has 0 fully saturated rings. The van der Waals surface area contributed by atoms with Gasteiger partial charge >= 0.3 is 5.97 Å². The lowest BCUT2D eigenvalue weighted by Gasteiger charge is -2.20. The zero-order chi connectivity index (χ0) is 13.8. The van der Waals surface area contributed by atoms with Crippen LogP contribution >= 0.6 is 11.8 Å². The van der Waals surface area contributed by atoms with Crippen LogP contribution in [0.1, 0.15) is 36.7 Å². The van der Waals surface area contributed by atoms with Crippen molar-refractivity contribution in [3.63, 3.8) is 0 Å². The summed E-state index contributed by atoms with van der Waals surface area (Å²) in [6, 6.07) is 7.30. The van der Waals surface area contributed by atoms with Crippen LogP contribution in [0.15, 0.2) is 24.3 Å². The largest absolute Gasteiger partial charge is 0.465 e. The number of rotatable bonds is 4. The van der Waals surface area contributed by atoms with Crippen molar-refractivity contribution in [3.05, 3.63) is 35.4 Å². The zero-order valence-corrected chi connectivity index (χ0v) is 12.0. The highest BCUT2D eigenvalue weighted by Gasteiger charge is 2.33. The van der Waals surface area contributed by atoms with Gasteiger partial charge in [0.05, 0.1) is 6.61 Å². The molecule has 3 nitrogen and oxygen atoms in total. The van der Waals surface area contributed by atoms with Gasteiger partial charge in [0, 0.05) is 5.56 Å². The highest BCUT2D eigenvalue weighted by Crippen LogP contribution is 2.29. The van der Waals surface area contributed by atoms with Gasteiger partial charge in [-0.15, -0.1) is 0 Å². The molecule has 0 aromatic heterocycles. The smallest absolute Gasteiger partial charge is 0.322 e. The average molecular weight is 266 g/mol. The fraction of sp³-hybridized carbons (Fsp3) is 0.429. The number of ether oxygens (including phenoxy) is 1. The Morgan fingerprint density at radius 3 is 2.28 bits per heavy atom. The van der Waals surface area contributed by atoms with Crippen LogP contribution in [0.5, 0.6) is 0 Å². The number of carbonyl (C=O) groups is 2. The van der Waals surface area contributed by atoms with Gasteiger partial charge in [0.25, 0.3) is 0 Å². The monoisotopic (exact) mass is 266 g/mol. The van der Waals surface area contributed by atoms with Crippen LogP contribution in [-0.2, 0) is 9.53 Å². The lowest BCUT2D eigenvalue weighted by atomic mass is 10.2. The normalized spacial score (nSPS) is 11.1. The molecule has 4 heteroatoms. The van der Waals surface area contributed by atoms with Gasteiger partial charge in [-0.1, -0.05) is 41.6 Å². The number of carbonyl (C=O) groups excluding carboxylic acids is 2. The Hall–Kier alpha value is -1.29. The van der Waals surface area contributed by atoms with Crippen LogP contribution in [0.2, 0.25) is 0 Å². The third-order valence-electron chi connectivity index (χ3n) is 2.40. The summed E-state index contributed by atoms with van der Waals surface area (Å²) in [4.78, 5) is 23.7. The Kier molecular flexibility index (Phi) is 4.96. The predicted molar refractivity (Wildman–Crippen MR) is 73.8 cm³/mol. The number of hydrogen-bond acceptors (Lipinski definition) is 4. The van der Waals surface area contributed by atoms with E-state index >= 15 is 0 Å². The second kappa shape index (κ2) is 6.05. The average Bonchev–Trinajstić information content (AvgIpc) is 2.29. The van der Waals surface area contributed by atoms with Crippen LogP contribution in [0.25, 0.3) is 0 Å². The molecule has 0 heterocycles. The van der Waals surface area contributed by atoms with E-state index in [1.807, 2.05) is 19.1 Å². The Morgan fingerprint density at radius 2 is 1.78 bits per heavy atom. The number of benzene rings is 1. The summed E-state index contributed by atoms with van der Waals surface area (Å²) in [5.41, 5.74) is 1.70. The van der Waals surface area contributed by atoms with Crippen molar-refractivity contribution in [2.75, 3.05) is 6.61 Å². The Morgan fingerprint density at radius 1 is 1.22 bits per heavy atom. The van der Waals surface area contributed by atoms with E-state index in [9.17, 15) is 9.59 Å². The van der Waals surface area contributed by atoms with Crippen LogP contribution < -0.4 is 0 Å². The first-order valence-corrected chi connectivity index (χ1v) is 6.65. The van der Waals surface area contributed by atoms with E-state index in [4.69, 9.17) is 4.74 Å². The summed E-state index contributed by atoms with van der Waals surface area (Å²) < 4.78 is 4.09. The van der Waals surface area contributed by atoms with Gasteiger partial charge in [0.2, 0.25) is 5.12 Å². The van der Waals surface area contributed by atoms with Crippen molar-refractivity contribution in [2.24, 2.45) is 0 Å². The van der Waals surface area contributed by atoms with E-state index in [1.165, 1.54) is 0 Å². The lowest BCUT2D eigenvalue weighted by molar-refractivity contribution is -0.145. The van der Waals surface area contributed by atoms with E-state index in [-0.39, 0.29) is 11.1 Å². The first-order valence-electron chi connectivity index (χ1n) is 5.84. The maximum absolute atomic E-state index is 12.0. The van der Waals surface area contributed by atoms with Crippen LogP contribution in [0, 0.1) is 6.92 Å². The Labute approximate surface area is 112 Å². The minimum atomic E-state index is -0.863. The fourth-order valence-corrected chi connectivity index (χ4v) is 2.19. The zero-order valence-electron chi connectivity index (χ0n) is 11.1. The van der Waals surface area contributed by atoms with Gasteiger partial charge in [-0.05, 0) is 27.7 Å². The highest BCUT2D eigenvalue weighted by molar-refractivity contribution is 8.15. The van der Waals surface area contributed by atoms with Gasteiger partial charge in [0.15, 0.2) is 0 Å². The first kappa shape index (κ1) is 14.8. The van der Waals surface area contributed by atoms with Gasteiger partial charge < -0.3 is 4.74 Å². The van der Waals surface area contributed by atoms with E-state index in [0.29, 0.717) is 12.2 Å². The minimum absolute atomic E-state index is 0.118. The Bertz CT molecular complexity index is 435. The minimum Gasteiger partial charge on any atom is -0.465 e. The third-order valence-corrected chi connectivity index (χ3v) is 3.50. The molecule has 0 bridgehead atoms. The van der Waals surface area contributed by atoms with Gasteiger partial charge in [-0.25, -0.2) is 0 Å². The summed E-state index contributed by atoms with van der Waals surface area (Å²) in [6.07, 6.45) is 0. The summed E-state index contributed by atoms with van der Waals surface area (Å²) in [6.45, 7) is 7.43. The van der Waals surface area contributed by atoms with Gasteiger partial charge in [0.1, 0.15) is 4.75 Å². The molecular weight excluding hydrogens is 248 g/mol. The fourth-order valence-electron chi connectivity index (χ4n) is 1.33. The summed E-state index contributed by atoms with van der Waals surface area (Å²) >= 11 is 0.995. The van der Waals surface area contributed by atoms with Crippen LogP contribution in [0.3, 0.4) is 0 Å². The topological polar surface area (TPSA) is 43.4 Å². The lowest BCUT2D eigenvalue weighted by Crippen LogP contribution is -2.31. The second-order valence-corrected chi connectivity index (χ2v) is 6.08. The molecule has 0 unspecified atom stereocenters. The van der Waals surface area contributed by atoms with Gasteiger partial charge in [-0.3, -0.25) is 9.59 Å². The Balaban J connectivity index is 2.75. The molecule has 0 spiro atoms. The van der Waals surface area contributed by atoms with Crippen molar-refractivity contribution in [3.8, 4) is 0 Å². The molecule has 18 heavy (non-hydrogen) atoms. The molecule has 0 N–H and O–H groups in total. The van der Waals surface area contributed by atoms with Gasteiger partial charge in [-0.2, -0.15) is 0 Å². The molecule has 0 radical (unpaired) electrons. The third kappa shape index (κ3) is 3.88. The number of esters is 1.